The second-order valence-electron chi connectivity index (χ2n) is 7.99. The van der Waals surface area contributed by atoms with Gasteiger partial charge in [0.15, 0.2) is 5.65 Å². The Labute approximate surface area is 194 Å². The van der Waals surface area contributed by atoms with Gasteiger partial charge in [0.2, 0.25) is 0 Å². The maximum absolute atomic E-state index is 13.4. The van der Waals surface area contributed by atoms with Gasteiger partial charge < -0.3 is 14.4 Å². The molecule has 0 aliphatic carbocycles. The van der Waals surface area contributed by atoms with Crippen molar-refractivity contribution < 1.29 is 14.6 Å². The number of carboxylic acids is 1. The average molecular weight is 454 g/mol. The zero-order valence-electron chi connectivity index (χ0n) is 18.5. The number of hydrogen-bond acceptors (Lipinski definition) is 5. The van der Waals surface area contributed by atoms with Crippen molar-refractivity contribution in [2.75, 3.05) is 7.11 Å². The van der Waals surface area contributed by atoms with Crippen LogP contribution in [0.2, 0.25) is 0 Å². The van der Waals surface area contributed by atoms with Crippen LogP contribution in [-0.2, 0) is 22.6 Å². The van der Waals surface area contributed by atoms with E-state index in [2.05, 4.69) is 4.98 Å². The van der Waals surface area contributed by atoms with E-state index in [-0.39, 0.29) is 13.0 Å². The lowest BCUT2D eigenvalue weighted by molar-refractivity contribution is -0.141. The van der Waals surface area contributed by atoms with E-state index in [1.807, 2.05) is 60.7 Å². The number of ether oxygens (including phenoxy) is 1. The first-order valence-electron chi connectivity index (χ1n) is 10.8. The first-order valence-corrected chi connectivity index (χ1v) is 10.8. The number of nitrogens with zero attached hydrogens (tertiary/aromatic N) is 4. The zero-order chi connectivity index (χ0) is 23.7. The topological polar surface area (TPSA) is 98.7 Å². The number of aliphatic carboxylic acids is 1. The molecule has 2 aromatic carbocycles. The zero-order valence-corrected chi connectivity index (χ0v) is 18.5. The van der Waals surface area contributed by atoms with E-state index in [4.69, 9.17) is 9.84 Å². The van der Waals surface area contributed by atoms with E-state index in [1.165, 1.54) is 17.0 Å². The van der Waals surface area contributed by atoms with E-state index in [9.17, 15) is 14.7 Å². The molecule has 0 aliphatic rings. The fraction of sp³-hybridized carbons (Fsp3) is 0.154. The van der Waals surface area contributed by atoms with Gasteiger partial charge in [-0.1, -0.05) is 60.7 Å². The van der Waals surface area contributed by atoms with Crippen molar-refractivity contribution in [1.29, 1.82) is 0 Å². The van der Waals surface area contributed by atoms with Gasteiger partial charge in [0.05, 0.1) is 28.8 Å². The number of carboxylic acid groups (broad SMARTS) is 1. The van der Waals surface area contributed by atoms with Gasteiger partial charge in [0.25, 0.3) is 5.56 Å². The van der Waals surface area contributed by atoms with Crippen molar-refractivity contribution in [3.8, 4) is 11.1 Å². The number of fused-ring (bicyclic) bond motifs is 3. The summed E-state index contributed by atoms with van der Waals surface area (Å²) in [5, 5.41) is 14.9. The lowest BCUT2D eigenvalue weighted by Crippen LogP contribution is -2.31. The molecule has 5 rings (SSSR count). The number of aromatic nitrogens is 4. The molecule has 5 aromatic rings. The summed E-state index contributed by atoms with van der Waals surface area (Å²) in [6, 6.07) is 19.7. The van der Waals surface area contributed by atoms with Crippen LogP contribution in [0.1, 0.15) is 17.3 Å². The van der Waals surface area contributed by atoms with Crippen molar-refractivity contribution in [3.05, 3.63) is 101 Å². The summed E-state index contributed by atoms with van der Waals surface area (Å²) in [4.78, 5) is 30.0. The summed E-state index contributed by atoms with van der Waals surface area (Å²) in [6.07, 6.45) is 3.20. The van der Waals surface area contributed by atoms with Gasteiger partial charge in [-0.15, -0.1) is 0 Å². The molecule has 1 atom stereocenters. The quantitative estimate of drug-likeness (QED) is 0.402. The number of benzene rings is 2. The second kappa shape index (κ2) is 8.92. The predicted molar refractivity (Wildman–Crippen MR) is 128 cm³/mol. The maximum Gasteiger partial charge on any atom is 0.327 e. The summed E-state index contributed by atoms with van der Waals surface area (Å²) < 4.78 is 8.24. The van der Waals surface area contributed by atoms with Gasteiger partial charge >= 0.3 is 5.97 Å². The lowest BCUT2D eigenvalue weighted by atomic mass is 10.1. The number of carbonyl (C=O) groups is 1. The number of methoxy groups -OCH3 is 1. The third-order valence-corrected chi connectivity index (χ3v) is 5.85. The molecule has 1 N–H and O–H groups in total. The van der Waals surface area contributed by atoms with Crippen LogP contribution < -0.4 is 5.56 Å². The minimum atomic E-state index is -1.08. The van der Waals surface area contributed by atoms with Gasteiger partial charge in [-0.25, -0.2) is 14.3 Å². The number of hydrogen-bond donors (Lipinski definition) is 1. The Bertz CT molecular complexity index is 1540. The molecule has 0 aliphatic heterocycles. The summed E-state index contributed by atoms with van der Waals surface area (Å²) in [6.45, 7) is 0.282. The van der Waals surface area contributed by atoms with Crippen LogP contribution in [0.25, 0.3) is 27.7 Å². The van der Waals surface area contributed by atoms with Crippen LogP contribution >= 0.6 is 0 Å². The van der Waals surface area contributed by atoms with Crippen molar-refractivity contribution in [2.45, 2.75) is 19.1 Å². The Morgan fingerprint density at radius 3 is 2.44 bits per heavy atom. The molecule has 0 spiro atoms. The Hall–Kier alpha value is -4.30. The van der Waals surface area contributed by atoms with Crippen molar-refractivity contribution in [1.82, 2.24) is 19.2 Å². The third kappa shape index (κ3) is 3.74. The van der Waals surface area contributed by atoms with Gasteiger partial charge in [-0.2, -0.15) is 5.10 Å². The highest BCUT2D eigenvalue weighted by Crippen LogP contribution is 2.29. The Morgan fingerprint density at radius 1 is 1.06 bits per heavy atom. The highest BCUT2D eigenvalue weighted by Gasteiger charge is 2.24. The summed E-state index contributed by atoms with van der Waals surface area (Å²) >= 11 is 0. The highest BCUT2D eigenvalue weighted by atomic mass is 16.5. The van der Waals surface area contributed by atoms with Crippen LogP contribution in [0.4, 0.5) is 0 Å². The van der Waals surface area contributed by atoms with Gasteiger partial charge in [0.1, 0.15) is 6.04 Å². The van der Waals surface area contributed by atoms with Gasteiger partial charge in [-0.3, -0.25) is 4.79 Å². The minimum absolute atomic E-state index is 0.190. The normalized spacial score (nSPS) is 12.3. The number of rotatable bonds is 7. The largest absolute Gasteiger partial charge is 0.480 e. The fourth-order valence-corrected chi connectivity index (χ4v) is 4.25. The summed E-state index contributed by atoms with van der Waals surface area (Å²) in [5.41, 5.74) is 4.03. The molecule has 0 fully saturated rings. The Balaban J connectivity index is 1.68. The molecule has 8 heteroatoms. The molecule has 0 saturated heterocycles. The number of pyridine rings is 1. The third-order valence-electron chi connectivity index (χ3n) is 5.85. The van der Waals surface area contributed by atoms with E-state index in [0.717, 1.165) is 16.7 Å². The van der Waals surface area contributed by atoms with Crippen LogP contribution in [0.3, 0.4) is 0 Å². The molecule has 170 valence electrons. The van der Waals surface area contributed by atoms with Crippen molar-refractivity contribution in [3.63, 3.8) is 0 Å². The van der Waals surface area contributed by atoms with Crippen LogP contribution in [0.5, 0.6) is 0 Å². The minimum Gasteiger partial charge on any atom is -0.480 e. The van der Waals surface area contributed by atoms with Crippen LogP contribution in [0, 0.1) is 0 Å². The summed E-state index contributed by atoms with van der Waals surface area (Å²) in [7, 11) is 1.60. The second-order valence-corrected chi connectivity index (χ2v) is 7.99. The molecule has 0 radical (unpaired) electrons. The molecule has 0 amide bonds. The van der Waals surface area contributed by atoms with Crippen LogP contribution in [0.15, 0.2) is 83.9 Å². The van der Waals surface area contributed by atoms with E-state index < -0.39 is 17.6 Å². The smallest absolute Gasteiger partial charge is 0.327 e. The van der Waals surface area contributed by atoms with Crippen LogP contribution in [-0.4, -0.2) is 37.4 Å². The highest BCUT2D eigenvalue weighted by molar-refractivity contribution is 5.86. The Kier molecular flexibility index (Phi) is 5.65. The molecule has 3 heterocycles. The molecule has 0 bridgehead atoms. The molecule has 8 nitrogen and oxygen atoms in total. The molecular formula is C26H22N4O4. The van der Waals surface area contributed by atoms with E-state index >= 15 is 0 Å². The molecule has 34 heavy (non-hydrogen) atoms. The average Bonchev–Trinajstić information content (AvgIpc) is 3.23. The monoisotopic (exact) mass is 454 g/mol. The molecule has 3 aromatic heterocycles. The molecular weight excluding hydrogens is 432 g/mol. The maximum atomic E-state index is 13.4. The fourth-order valence-electron chi connectivity index (χ4n) is 4.25. The van der Waals surface area contributed by atoms with Crippen molar-refractivity contribution in [2.24, 2.45) is 0 Å². The lowest BCUT2D eigenvalue weighted by Gasteiger charge is -2.16. The predicted octanol–water partition coefficient (Wildman–Crippen LogP) is 3.73. The van der Waals surface area contributed by atoms with Gasteiger partial charge in [-0.05, 0) is 17.2 Å². The van der Waals surface area contributed by atoms with E-state index in [0.29, 0.717) is 22.2 Å². The molecule has 0 unspecified atom stereocenters. The first-order chi connectivity index (χ1) is 16.6. The Morgan fingerprint density at radius 2 is 1.76 bits per heavy atom. The van der Waals surface area contributed by atoms with E-state index in [1.54, 1.807) is 17.7 Å². The van der Waals surface area contributed by atoms with Crippen molar-refractivity contribution >= 4 is 22.5 Å². The SMILES string of the molecule is COCc1nn2c(ncc3c(=O)n([C@@H](Cc4ccccc4)C(=O)O)ccc32)c1-c1ccccc1. The standard InChI is InChI=1S/C26H22N4O4/c1-34-16-20-23(18-10-6-3-7-11-18)24-27-15-19-21(30(24)28-20)12-13-29(25(19)31)22(26(32)33)14-17-8-4-2-5-9-17/h2-13,15,22H,14,16H2,1H3,(H,32,33)/t22-/m0/s1. The van der Waals surface area contributed by atoms with Gasteiger partial charge in [0, 0.05) is 25.9 Å². The summed E-state index contributed by atoms with van der Waals surface area (Å²) in [5.74, 6) is -1.08. The molecule has 0 saturated carbocycles. The first kappa shape index (κ1) is 21.5.